The van der Waals surface area contributed by atoms with Crippen LogP contribution in [0.3, 0.4) is 0 Å². The van der Waals surface area contributed by atoms with E-state index < -0.39 is 10.7 Å². The maximum atomic E-state index is 10.5. The average Bonchev–Trinajstić information content (AvgIpc) is 2.38. The minimum absolute atomic E-state index is 0.138. The molecule has 0 aliphatic carbocycles. The Morgan fingerprint density at radius 2 is 2.00 bits per heavy atom. The molecule has 2 aromatic heterocycles. The monoisotopic (exact) mass is 248 g/mol. The Morgan fingerprint density at radius 3 is 2.71 bits per heavy atom. The molecular formula is C12H12N2O2S. The van der Waals surface area contributed by atoms with Crippen LogP contribution < -0.4 is 0 Å². The van der Waals surface area contributed by atoms with Crippen molar-refractivity contribution in [2.75, 3.05) is 5.75 Å². The van der Waals surface area contributed by atoms with Crippen LogP contribution in [0.4, 0.5) is 0 Å². The predicted molar refractivity (Wildman–Crippen MR) is 66.4 cm³/mol. The van der Waals surface area contributed by atoms with Crippen LogP contribution >= 0.6 is 0 Å². The first kappa shape index (κ1) is 11.7. The molecule has 0 bridgehead atoms. The zero-order valence-corrected chi connectivity index (χ0v) is 10.0. The summed E-state index contributed by atoms with van der Waals surface area (Å²) in [6.45, 7) is 0. The lowest BCUT2D eigenvalue weighted by Gasteiger charge is -2.02. The van der Waals surface area contributed by atoms with Crippen molar-refractivity contribution in [2.45, 2.75) is 6.42 Å². The Labute approximate surface area is 101 Å². The van der Waals surface area contributed by atoms with Crippen molar-refractivity contribution in [1.29, 1.82) is 0 Å². The topological polar surface area (TPSA) is 59.9 Å². The number of hydrogen-bond acceptors (Lipinski definition) is 4. The van der Waals surface area contributed by atoms with Crippen LogP contribution in [0.5, 0.6) is 0 Å². The van der Waals surface area contributed by atoms with Crippen LogP contribution in [-0.4, -0.2) is 24.1 Å². The zero-order chi connectivity index (χ0) is 12.1. The van der Waals surface area contributed by atoms with Gasteiger partial charge in [-0.25, -0.2) is 8.42 Å². The van der Waals surface area contributed by atoms with Gasteiger partial charge in [-0.3, -0.25) is 9.97 Å². The highest BCUT2D eigenvalue weighted by atomic mass is 32.2. The van der Waals surface area contributed by atoms with Gasteiger partial charge in [0.15, 0.2) is 0 Å². The number of nitrogens with zero attached hydrogens (tertiary/aromatic N) is 2. The van der Waals surface area contributed by atoms with E-state index in [0.717, 1.165) is 17.0 Å². The third kappa shape index (κ3) is 3.35. The third-order valence-corrected chi connectivity index (χ3v) is 2.90. The molecule has 2 heterocycles. The van der Waals surface area contributed by atoms with E-state index in [4.69, 9.17) is 0 Å². The molecule has 88 valence electrons. The second-order valence-electron chi connectivity index (χ2n) is 3.56. The zero-order valence-electron chi connectivity index (χ0n) is 9.11. The molecule has 0 saturated carbocycles. The summed E-state index contributed by atoms with van der Waals surface area (Å²) in [5.41, 5.74) is 2.53. The third-order valence-electron chi connectivity index (χ3n) is 2.31. The van der Waals surface area contributed by atoms with E-state index in [-0.39, 0.29) is 5.75 Å². The summed E-state index contributed by atoms with van der Waals surface area (Å²) in [6.07, 6.45) is 3.89. The van der Waals surface area contributed by atoms with Gasteiger partial charge < -0.3 is 0 Å². The number of pyridine rings is 2. The molecule has 0 aromatic carbocycles. The largest absolute Gasteiger partial charge is 0.264 e. The Balaban J connectivity index is 2.23. The van der Waals surface area contributed by atoms with Gasteiger partial charge in [-0.2, -0.15) is 0 Å². The van der Waals surface area contributed by atoms with Gasteiger partial charge in [-0.05, 0) is 24.3 Å². The Hall–Kier alpha value is -1.75. The standard InChI is InChI=1S/C12H12N2O2S/c15-17(16)8-6-11-4-1-5-12(14-11)10-3-2-7-13-9-10/h1-5,7,9,17H,6,8H2. The lowest BCUT2D eigenvalue weighted by Crippen LogP contribution is -1.97. The maximum Gasteiger partial charge on any atom is 0.140 e. The van der Waals surface area contributed by atoms with E-state index in [0.29, 0.717) is 6.42 Å². The van der Waals surface area contributed by atoms with Gasteiger partial charge >= 0.3 is 0 Å². The molecule has 0 spiro atoms. The lowest BCUT2D eigenvalue weighted by molar-refractivity contribution is 0.613. The van der Waals surface area contributed by atoms with Gasteiger partial charge in [0.05, 0.1) is 11.4 Å². The van der Waals surface area contributed by atoms with Crippen molar-refractivity contribution in [3.63, 3.8) is 0 Å². The van der Waals surface area contributed by atoms with E-state index in [1.165, 1.54) is 0 Å². The van der Waals surface area contributed by atoms with Crippen LogP contribution in [0.2, 0.25) is 0 Å². The van der Waals surface area contributed by atoms with Crippen molar-refractivity contribution in [3.05, 3.63) is 48.4 Å². The fraction of sp³-hybridized carbons (Fsp3) is 0.167. The van der Waals surface area contributed by atoms with Gasteiger partial charge in [-0.1, -0.05) is 6.07 Å². The second kappa shape index (κ2) is 5.54. The molecule has 5 heteroatoms. The SMILES string of the molecule is O=[SH](=O)CCc1cccc(-c2cccnc2)n1. The predicted octanol–water partition coefficient (Wildman–Crippen LogP) is 1.30. The molecule has 0 amide bonds. The number of rotatable bonds is 4. The van der Waals surface area contributed by atoms with E-state index in [2.05, 4.69) is 9.97 Å². The van der Waals surface area contributed by atoms with E-state index in [1.807, 2.05) is 30.3 Å². The Kier molecular flexibility index (Phi) is 3.82. The number of aryl methyl sites for hydroxylation is 1. The van der Waals surface area contributed by atoms with Crippen LogP contribution in [-0.2, 0) is 17.1 Å². The molecule has 0 saturated heterocycles. The fourth-order valence-corrected chi connectivity index (χ4v) is 1.91. The van der Waals surface area contributed by atoms with Crippen molar-refractivity contribution in [2.24, 2.45) is 0 Å². The van der Waals surface area contributed by atoms with Crippen molar-refractivity contribution < 1.29 is 8.42 Å². The van der Waals surface area contributed by atoms with Gasteiger partial charge in [0, 0.05) is 30.1 Å². The quantitative estimate of drug-likeness (QED) is 0.828. The first-order valence-electron chi connectivity index (χ1n) is 5.24. The molecule has 2 rings (SSSR count). The van der Waals surface area contributed by atoms with Crippen LogP contribution in [0.15, 0.2) is 42.7 Å². The normalized spacial score (nSPS) is 10.6. The van der Waals surface area contributed by atoms with Crippen molar-refractivity contribution in [1.82, 2.24) is 9.97 Å². The van der Waals surface area contributed by atoms with E-state index >= 15 is 0 Å². The highest BCUT2D eigenvalue weighted by Crippen LogP contribution is 2.15. The molecule has 0 N–H and O–H groups in total. The molecule has 0 aliphatic rings. The summed E-state index contributed by atoms with van der Waals surface area (Å²) in [4.78, 5) is 8.44. The molecule has 2 aromatic rings. The summed E-state index contributed by atoms with van der Waals surface area (Å²) in [5.74, 6) is 0.138. The van der Waals surface area contributed by atoms with E-state index in [9.17, 15) is 8.42 Å². The summed E-state index contributed by atoms with van der Waals surface area (Å²) in [5, 5.41) is 0. The Bertz CT molecular complexity index is 560. The molecule has 0 aliphatic heterocycles. The summed E-state index contributed by atoms with van der Waals surface area (Å²) < 4.78 is 21.1. The molecule has 0 unspecified atom stereocenters. The Morgan fingerprint density at radius 1 is 1.12 bits per heavy atom. The van der Waals surface area contributed by atoms with E-state index in [1.54, 1.807) is 12.4 Å². The van der Waals surface area contributed by atoms with Crippen LogP contribution in [0, 0.1) is 0 Å². The highest BCUT2D eigenvalue weighted by molar-refractivity contribution is 7.72. The minimum atomic E-state index is -2.34. The highest BCUT2D eigenvalue weighted by Gasteiger charge is 2.01. The number of hydrogen-bond donors (Lipinski definition) is 1. The van der Waals surface area contributed by atoms with Gasteiger partial charge in [0.25, 0.3) is 0 Å². The first-order valence-corrected chi connectivity index (χ1v) is 6.60. The summed E-state index contributed by atoms with van der Waals surface area (Å²) >= 11 is 0. The fourth-order valence-electron chi connectivity index (χ4n) is 1.50. The number of thiol groups is 1. The first-order chi connectivity index (χ1) is 8.25. The van der Waals surface area contributed by atoms with Crippen LogP contribution in [0.25, 0.3) is 11.3 Å². The molecular weight excluding hydrogens is 236 g/mol. The molecule has 0 fully saturated rings. The molecule has 0 atom stereocenters. The molecule has 17 heavy (non-hydrogen) atoms. The average molecular weight is 248 g/mol. The number of aromatic nitrogens is 2. The summed E-state index contributed by atoms with van der Waals surface area (Å²) in [6, 6.07) is 9.37. The molecule has 0 radical (unpaired) electrons. The van der Waals surface area contributed by atoms with Gasteiger partial charge in [0.1, 0.15) is 10.7 Å². The smallest absolute Gasteiger partial charge is 0.140 e. The van der Waals surface area contributed by atoms with Crippen molar-refractivity contribution >= 4 is 10.7 Å². The van der Waals surface area contributed by atoms with Gasteiger partial charge in [-0.15, -0.1) is 0 Å². The minimum Gasteiger partial charge on any atom is -0.264 e. The second-order valence-corrected chi connectivity index (χ2v) is 4.67. The van der Waals surface area contributed by atoms with Gasteiger partial charge in [0.2, 0.25) is 0 Å². The maximum absolute atomic E-state index is 10.5. The van der Waals surface area contributed by atoms with Crippen LogP contribution in [0.1, 0.15) is 5.69 Å². The summed E-state index contributed by atoms with van der Waals surface area (Å²) in [7, 11) is -2.34. The van der Waals surface area contributed by atoms with Crippen molar-refractivity contribution in [3.8, 4) is 11.3 Å². The molecule has 4 nitrogen and oxygen atoms in total. The lowest BCUT2D eigenvalue weighted by atomic mass is 10.2.